The number of hydrogen-bond acceptors (Lipinski definition) is 4. The molecule has 1 aromatic heterocycles. The van der Waals surface area contributed by atoms with E-state index in [4.69, 9.17) is 4.98 Å². The van der Waals surface area contributed by atoms with Gasteiger partial charge < -0.3 is 5.32 Å². The van der Waals surface area contributed by atoms with Crippen LogP contribution >= 0.6 is 11.8 Å². The first-order valence-corrected chi connectivity index (χ1v) is 9.37. The van der Waals surface area contributed by atoms with Crippen LogP contribution in [0.25, 0.3) is 11.4 Å². The molecule has 0 bridgehead atoms. The van der Waals surface area contributed by atoms with E-state index < -0.39 is 0 Å². The van der Waals surface area contributed by atoms with Crippen molar-refractivity contribution >= 4 is 17.7 Å². The third kappa shape index (κ3) is 3.91. The molecule has 2 aromatic rings. The molecule has 1 aliphatic carbocycles. The number of aryl methyl sites for hydroxylation is 1. The second kappa shape index (κ2) is 7.59. The van der Waals surface area contributed by atoms with Crippen molar-refractivity contribution in [3.8, 4) is 11.4 Å². The van der Waals surface area contributed by atoms with Crippen molar-refractivity contribution in [3.63, 3.8) is 0 Å². The van der Waals surface area contributed by atoms with Crippen LogP contribution in [0.3, 0.4) is 0 Å². The summed E-state index contributed by atoms with van der Waals surface area (Å²) in [5.74, 6) is 1.73. The molecule has 0 unspecified atom stereocenters. The fourth-order valence-corrected chi connectivity index (χ4v) is 3.27. The summed E-state index contributed by atoms with van der Waals surface area (Å²) in [6.07, 6.45) is 7.44. The molecule has 0 aliphatic heterocycles. The van der Waals surface area contributed by atoms with Crippen LogP contribution in [0.2, 0.25) is 0 Å². The Kier molecular flexibility index (Phi) is 5.28. The first kappa shape index (κ1) is 16.0. The van der Waals surface area contributed by atoms with Crippen molar-refractivity contribution in [2.75, 3.05) is 12.0 Å². The third-order valence-corrected chi connectivity index (χ3v) is 4.69. The minimum absolute atomic E-state index is 0.0536. The van der Waals surface area contributed by atoms with Crippen molar-refractivity contribution in [2.24, 2.45) is 0 Å². The molecule has 0 radical (unpaired) electrons. The largest absolute Gasteiger partial charge is 0.349 e. The van der Waals surface area contributed by atoms with Crippen LogP contribution in [-0.2, 0) is 11.2 Å². The Morgan fingerprint density at radius 1 is 1.35 bits per heavy atom. The van der Waals surface area contributed by atoms with Crippen LogP contribution < -0.4 is 5.32 Å². The predicted octanol–water partition coefficient (Wildman–Crippen LogP) is 3.39. The summed E-state index contributed by atoms with van der Waals surface area (Å²) in [7, 11) is 0. The second-order valence-corrected chi connectivity index (χ2v) is 6.70. The number of hydrogen-bond donors (Lipinski definition) is 1. The van der Waals surface area contributed by atoms with Crippen LogP contribution in [0.4, 0.5) is 0 Å². The van der Waals surface area contributed by atoms with Gasteiger partial charge in [0.2, 0.25) is 5.91 Å². The van der Waals surface area contributed by atoms with Gasteiger partial charge >= 0.3 is 0 Å². The topological polar surface area (TPSA) is 54.9 Å². The highest BCUT2D eigenvalue weighted by Crippen LogP contribution is 2.29. The summed E-state index contributed by atoms with van der Waals surface area (Å²) in [4.78, 5) is 21.3. The Morgan fingerprint density at radius 3 is 2.96 bits per heavy atom. The highest BCUT2D eigenvalue weighted by molar-refractivity contribution is 7.98. The number of nitrogens with one attached hydrogen (secondary N) is 1. The molecular formula is C18H21N3OS. The van der Waals surface area contributed by atoms with E-state index >= 15 is 0 Å². The standard InChI is InChI=1S/C18H21N3OS/c1-23-11-10-17(22)20-15-8-5-9-16-14(15)12-19-18(21-16)13-6-3-2-4-7-13/h2-4,6-7,12,15H,5,8-11H2,1H3,(H,20,22)/t15-/m1/s1. The van der Waals surface area contributed by atoms with Gasteiger partial charge in [-0.3, -0.25) is 4.79 Å². The first-order valence-electron chi connectivity index (χ1n) is 7.97. The SMILES string of the molecule is CSCCC(=O)N[C@@H]1CCCc2nc(-c3ccccc3)ncc21. The van der Waals surface area contributed by atoms with E-state index in [2.05, 4.69) is 10.3 Å². The van der Waals surface area contributed by atoms with E-state index in [9.17, 15) is 4.79 Å². The van der Waals surface area contributed by atoms with E-state index in [1.807, 2.05) is 42.8 Å². The van der Waals surface area contributed by atoms with Crippen LogP contribution in [-0.4, -0.2) is 27.9 Å². The highest BCUT2D eigenvalue weighted by atomic mass is 32.2. The molecule has 1 heterocycles. The molecule has 0 saturated carbocycles. The average molecular weight is 327 g/mol. The maximum Gasteiger partial charge on any atom is 0.221 e. The van der Waals surface area contributed by atoms with Gasteiger partial charge in [0.15, 0.2) is 5.82 Å². The molecule has 1 amide bonds. The molecule has 23 heavy (non-hydrogen) atoms. The van der Waals surface area contributed by atoms with Crippen LogP contribution in [0.1, 0.15) is 36.6 Å². The van der Waals surface area contributed by atoms with Gasteiger partial charge in [-0.2, -0.15) is 11.8 Å². The number of thioether (sulfide) groups is 1. The average Bonchev–Trinajstić information content (AvgIpc) is 2.60. The van der Waals surface area contributed by atoms with Crippen molar-refractivity contribution in [3.05, 3.63) is 47.8 Å². The quantitative estimate of drug-likeness (QED) is 0.914. The van der Waals surface area contributed by atoms with Gasteiger partial charge in [-0.05, 0) is 25.5 Å². The fourth-order valence-electron chi connectivity index (χ4n) is 2.88. The van der Waals surface area contributed by atoms with E-state index in [1.165, 1.54) is 0 Å². The van der Waals surface area contributed by atoms with E-state index in [1.54, 1.807) is 11.8 Å². The zero-order chi connectivity index (χ0) is 16.1. The Labute approximate surface area is 141 Å². The van der Waals surface area contributed by atoms with Gasteiger partial charge in [0.25, 0.3) is 0 Å². The maximum atomic E-state index is 12.0. The Morgan fingerprint density at radius 2 is 2.17 bits per heavy atom. The van der Waals surface area contributed by atoms with Gasteiger partial charge in [0.1, 0.15) is 0 Å². The molecule has 4 nitrogen and oxygen atoms in total. The predicted molar refractivity (Wildman–Crippen MR) is 94.3 cm³/mol. The molecule has 1 N–H and O–H groups in total. The molecular weight excluding hydrogens is 306 g/mol. The molecule has 1 aromatic carbocycles. The summed E-state index contributed by atoms with van der Waals surface area (Å²) >= 11 is 1.69. The number of benzene rings is 1. The van der Waals surface area contributed by atoms with Crippen molar-refractivity contribution in [1.29, 1.82) is 0 Å². The van der Waals surface area contributed by atoms with Gasteiger partial charge in [-0.1, -0.05) is 30.3 Å². The smallest absolute Gasteiger partial charge is 0.221 e. The Bertz CT molecular complexity index is 675. The van der Waals surface area contributed by atoms with E-state index in [-0.39, 0.29) is 11.9 Å². The normalized spacial score (nSPS) is 16.7. The molecule has 3 rings (SSSR count). The van der Waals surface area contributed by atoms with Gasteiger partial charge in [-0.15, -0.1) is 0 Å². The van der Waals surface area contributed by atoms with Gasteiger partial charge in [0, 0.05) is 35.2 Å². The van der Waals surface area contributed by atoms with Gasteiger partial charge in [-0.25, -0.2) is 9.97 Å². The lowest BCUT2D eigenvalue weighted by molar-refractivity contribution is -0.121. The molecule has 1 atom stereocenters. The Hall–Kier alpha value is -1.88. The number of nitrogens with zero attached hydrogens (tertiary/aromatic N) is 2. The highest BCUT2D eigenvalue weighted by Gasteiger charge is 2.23. The summed E-state index contributed by atoms with van der Waals surface area (Å²) in [5, 5.41) is 3.14. The summed E-state index contributed by atoms with van der Waals surface area (Å²) in [5.41, 5.74) is 3.18. The summed E-state index contributed by atoms with van der Waals surface area (Å²) in [6.45, 7) is 0. The number of aromatic nitrogens is 2. The monoisotopic (exact) mass is 327 g/mol. The van der Waals surface area contributed by atoms with E-state index in [0.29, 0.717) is 6.42 Å². The number of amides is 1. The van der Waals surface area contributed by atoms with E-state index in [0.717, 1.165) is 47.7 Å². The lowest BCUT2D eigenvalue weighted by Crippen LogP contribution is -2.31. The zero-order valence-electron chi connectivity index (χ0n) is 13.3. The minimum Gasteiger partial charge on any atom is -0.349 e. The molecule has 0 saturated heterocycles. The van der Waals surface area contributed by atoms with Crippen molar-refractivity contribution in [1.82, 2.24) is 15.3 Å². The van der Waals surface area contributed by atoms with Crippen molar-refractivity contribution < 1.29 is 4.79 Å². The number of fused-ring (bicyclic) bond motifs is 1. The minimum atomic E-state index is 0.0536. The number of rotatable bonds is 5. The van der Waals surface area contributed by atoms with Crippen LogP contribution in [0.5, 0.6) is 0 Å². The molecule has 0 fully saturated rings. The Balaban J connectivity index is 1.79. The summed E-state index contributed by atoms with van der Waals surface area (Å²) in [6, 6.07) is 10.1. The number of carbonyl (C=O) groups excluding carboxylic acids is 1. The maximum absolute atomic E-state index is 12.0. The van der Waals surface area contributed by atoms with Crippen LogP contribution in [0.15, 0.2) is 36.5 Å². The van der Waals surface area contributed by atoms with Gasteiger partial charge in [0.05, 0.1) is 6.04 Å². The summed E-state index contributed by atoms with van der Waals surface area (Å²) < 4.78 is 0. The van der Waals surface area contributed by atoms with Crippen molar-refractivity contribution in [2.45, 2.75) is 31.7 Å². The molecule has 0 spiro atoms. The lowest BCUT2D eigenvalue weighted by Gasteiger charge is -2.25. The molecule has 1 aliphatic rings. The molecule has 5 heteroatoms. The third-order valence-electron chi connectivity index (χ3n) is 4.08. The number of carbonyl (C=O) groups is 1. The molecule has 120 valence electrons. The fraction of sp³-hybridized carbons (Fsp3) is 0.389. The van der Waals surface area contributed by atoms with Crippen LogP contribution in [0, 0.1) is 0 Å². The second-order valence-electron chi connectivity index (χ2n) is 5.72. The first-order chi connectivity index (χ1) is 11.3. The zero-order valence-corrected chi connectivity index (χ0v) is 14.1. The lowest BCUT2D eigenvalue weighted by atomic mass is 9.92.